The average molecular weight is 673 g/mol. The Morgan fingerprint density at radius 1 is 1.00 bits per heavy atom. The predicted octanol–water partition coefficient (Wildman–Crippen LogP) is 3.40. The summed E-state index contributed by atoms with van der Waals surface area (Å²) in [5, 5.41) is 47.9. The van der Waals surface area contributed by atoms with E-state index in [0.717, 1.165) is 62.1 Å². The van der Waals surface area contributed by atoms with E-state index in [2.05, 4.69) is 20.9 Å². The zero-order valence-electron chi connectivity index (χ0n) is 28.6. The molecule has 262 valence electrons. The minimum atomic E-state index is -1.75. The van der Waals surface area contributed by atoms with Gasteiger partial charge in [0.2, 0.25) is 11.8 Å². The zero-order valence-corrected chi connectivity index (χ0v) is 28.6. The van der Waals surface area contributed by atoms with Crippen molar-refractivity contribution < 1.29 is 29.5 Å². The van der Waals surface area contributed by atoms with Gasteiger partial charge in [0.1, 0.15) is 17.7 Å². The Balaban J connectivity index is 1.31. The van der Waals surface area contributed by atoms with E-state index in [4.69, 9.17) is 0 Å². The number of benzene rings is 2. The molecular formula is C36H49BN6O6. The second kappa shape index (κ2) is 14.6. The monoisotopic (exact) mass is 672 g/mol. The summed E-state index contributed by atoms with van der Waals surface area (Å²) in [6.45, 7) is 3.36. The van der Waals surface area contributed by atoms with E-state index in [1.54, 1.807) is 24.6 Å². The maximum absolute atomic E-state index is 14.8. The van der Waals surface area contributed by atoms with Crippen molar-refractivity contribution in [3.8, 4) is 0 Å². The van der Waals surface area contributed by atoms with Crippen LogP contribution in [0.5, 0.6) is 0 Å². The quantitative estimate of drug-likeness (QED) is 0.204. The molecule has 0 radical (unpaired) electrons. The molecule has 0 spiro atoms. The minimum absolute atomic E-state index is 0.102. The summed E-state index contributed by atoms with van der Waals surface area (Å²) in [6, 6.07) is 10.9. The highest BCUT2D eigenvalue weighted by atomic mass is 16.4. The first-order chi connectivity index (χ1) is 23.4. The summed E-state index contributed by atoms with van der Waals surface area (Å²) in [4.78, 5) is 44.3. The van der Waals surface area contributed by atoms with Crippen molar-refractivity contribution in [2.75, 3.05) is 6.54 Å². The Labute approximate surface area is 287 Å². The van der Waals surface area contributed by atoms with Crippen LogP contribution in [0.15, 0.2) is 48.7 Å². The lowest BCUT2D eigenvalue weighted by atomic mass is 9.58. The normalized spacial score (nSPS) is 22.1. The van der Waals surface area contributed by atoms with E-state index in [-0.39, 0.29) is 30.7 Å². The molecule has 3 atom stereocenters. The van der Waals surface area contributed by atoms with Crippen LogP contribution in [0.2, 0.25) is 0 Å². The molecule has 1 aromatic heterocycles. The number of aromatic nitrogens is 3. The Bertz CT molecular complexity index is 1640. The summed E-state index contributed by atoms with van der Waals surface area (Å²) in [7, 11) is -1.75. The van der Waals surface area contributed by atoms with Gasteiger partial charge in [-0.3, -0.25) is 14.4 Å². The average Bonchev–Trinajstić information content (AvgIpc) is 3.77. The van der Waals surface area contributed by atoms with Gasteiger partial charge in [0, 0.05) is 18.5 Å². The van der Waals surface area contributed by atoms with E-state index in [1.807, 2.05) is 36.4 Å². The standard InChI is InChI=1S/C36H49BN6O6/c1-35(2,47)31-22-38-41-43(31)28-21-30(33(45)40-36(37(48)49)17-9-4-10-18-36)42(23-28)34(46)29(19-24-11-5-3-6-12-24)39-32(44)27-16-15-25-13-7-8-14-26(25)20-27/h7-8,13-16,20,22,24,28-30,47-49H,3-6,9-12,17-19,21,23H2,1-2H3,(H,39,44)(H,40,45)/t28-,29?,30-/m0/s1. The Morgan fingerprint density at radius 3 is 2.39 bits per heavy atom. The largest absolute Gasteiger partial charge is 0.478 e. The topological polar surface area (TPSA) is 170 Å². The van der Waals surface area contributed by atoms with E-state index < -0.39 is 42.2 Å². The minimum Gasteiger partial charge on any atom is -0.426 e. The summed E-state index contributed by atoms with van der Waals surface area (Å²) in [5.41, 5.74) is -1.59. The van der Waals surface area contributed by atoms with E-state index in [0.29, 0.717) is 30.5 Å². The fraction of sp³-hybridized carbons (Fsp3) is 0.583. The number of fused-ring (bicyclic) bond motifs is 1. The molecule has 0 bridgehead atoms. The van der Waals surface area contributed by atoms with Crippen LogP contribution in [0.3, 0.4) is 0 Å². The number of carbonyl (C=O) groups excluding carboxylic acids is 3. The van der Waals surface area contributed by atoms with Crippen LogP contribution in [-0.2, 0) is 15.2 Å². The lowest BCUT2D eigenvalue weighted by Crippen LogP contribution is -2.64. The van der Waals surface area contributed by atoms with Crippen molar-refractivity contribution in [2.24, 2.45) is 5.92 Å². The first-order valence-corrected chi connectivity index (χ1v) is 17.9. The molecule has 6 rings (SSSR count). The Hall–Kier alpha value is -3.81. The van der Waals surface area contributed by atoms with Gasteiger partial charge in [-0.15, -0.1) is 5.10 Å². The number of carbonyl (C=O) groups is 3. The van der Waals surface area contributed by atoms with Gasteiger partial charge in [0.25, 0.3) is 5.91 Å². The van der Waals surface area contributed by atoms with Crippen molar-refractivity contribution in [1.29, 1.82) is 0 Å². The van der Waals surface area contributed by atoms with Gasteiger partial charge >= 0.3 is 7.12 Å². The number of hydrogen-bond acceptors (Lipinski definition) is 8. The highest BCUT2D eigenvalue weighted by Gasteiger charge is 2.49. The molecule has 3 amide bonds. The highest BCUT2D eigenvalue weighted by molar-refractivity contribution is 6.46. The highest BCUT2D eigenvalue weighted by Crippen LogP contribution is 2.35. The lowest BCUT2D eigenvalue weighted by molar-refractivity contribution is -0.141. The zero-order chi connectivity index (χ0) is 34.8. The molecular weight excluding hydrogens is 623 g/mol. The van der Waals surface area contributed by atoms with E-state index >= 15 is 0 Å². The van der Waals surface area contributed by atoms with Crippen LogP contribution in [0.4, 0.5) is 0 Å². The summed E-state index contributed by atoms with van der Waals surface area (Å²) in [5.74, 6) is -0.957. The van der Waals surface area contributed by atoms with Crippen LogP contribution in [0.25, 0.3) is 10.8 Å². The van der Waals surface area contributed by atoms with Crippen LogP contribution in [0, 0.1) is 5.92 Å². The smallest absolute Gasteiger partial charge is 0.426 e. The number of rotatable bonds is 10. The number of aliphatic hydroxyl groups is 1. The van der Waals surface area contributed by atoms with Crippen LogP contribution >= 0.6 is 0 Å². The fourth-order valence-corrected chi connectivity index (χ4v) is 8.14. The molecule has 2 heterocycles. The second-order valence-corrected chi connectivity index (χ2v) is 14.9. The molecule has 1 saturated heterocycles. The first-order valence-electron chi connectivity index (χ1n) is 17.9. The molecule has 1 aliphatic heterocycles. The van der Waals surface area contributed by atoms with Crippen LogP contribution in [0.1, 0.15) is 113 Å². The molecule has 12 nitrogen and oxygen atoms in total. The molecule has 3 fully saturated rings. The SMILES string of the molecule is CC(C)(O)c1cnnn1[C@H]1C[C@@H](C(=O)NC2(B(O)O)CCCCC2)N(C(=O)C(CC2CCCCC2)NC(=O)c2ccc3ccccc3c2)C1. The maximum atomic E-state index is 14.8. The van der Waals surface area contributed by atoms with Crippen molar-refractivity contribution in [3.05, 3.63) is 59.9 Å². The molecule has 5 N–H and O–H groups in total. The summed E-state index contributed by atoms with van der Waals surface area (Å²) >= 11 is 0. The maximum Gasteiger partial charge on any atom is 0.478 e. The molecule has 2 aliphatic carbocycles. The number of hydrogen-bond donors (Lipinski definition) is 5. The molecule has 49 heavy (non-hydrogen) atoms. The summed E-state index contributed by atoms with van der Waals surface area (Å²) in [6.07, 6.45) is 10.6. The lowest BCUT2D eigenvalue weighted by Gasteiger charge is -2.39. The third-order valence-corrected chi connectivity index (χ3v) is 10.9. The molecule has 13 heteroatoms. The third-order valence-electron chi connectivity index (χ3n) is 10.9. The van der Waals surface area contributed by atoms with Gasteiger partial charge in [-0.25, -0.2) is 4.68 Å². The van der Waals surface area contributed by atoms with Crippen molar-refractivity contribution in [3.63, 3.8) is 0 Å². The summed E-state index contributed by atoms with van der Waals surface area (Å²) < 4.78 is 1.58. The van der Waals surface area contributed by atoms with E-state index in [9.17, 15) is 29.5 Å². The van der Waals surface area contributed by atoms with Crippen molar-refractivity contribution in [2.45, 2.75) is 120 Å². The fourth-order valence-electron chi connectivity index (χ4n) is 8.14. The van der Waals surface area contributed by atoms with Crippen LogP contribution < -0.4 is 10.6 Å². The van der Waals surface area contributed by atoms with Gasteiger partial charge < -0.3 is 30.7 Å². The van der Waals surface area contributed by atoms with Gasteiger partial charge in [-0.05, 0) is 61.9 Å². The number of likely N-dealkylation sites (tertiary alicyclic amines) is 1. The molecule has 1 unspecified atom stereocenters. The Kier molecular flexibility index (Phi) is 10.4. The Morgan fingerprint density at radius 2 is 1.69 bits per heavy atom. The number of nitrogens with one attached hydrogen (secondary N) is 2. The third kappa shape index (κ3) is 7.68. The van der Waals surface area contributed by atoms with Crippen molar-refractivity contribution >= 4 is 35.6 Å². The van der Waals surface area contributed by atoms with Gasteiger partial charge in [0.15, 0.2) is 0 Å². The number of amides is 3. The molecule has 2 saturated carbocycles. The van der Waals surface area contributed by atoms with Gasteiger partial charge in [-0.1, -0.05) is 86.9 Å². The molecule has 3 aliphatic rings. The molecule has 2 aromatic carbocycles. The van der Waals surface area contributed by atoms with Gasteiger partial charge in [-0.2, -0.15) is 0 Å². The second-order valence-electron chi connectivity index (χ2n) is 14.9. The van der Waals surface area contributed by atoms with Gasteiger partial charge in [0.05, 0.1) is 23.4 Å². The van der Waals surface area contributed by atoms with Crippen LogP contribution in [-0.4, -0.2) is 84.0 Å². The number of nitrogens with zero attached hydrogens (tertiary/aromatic N) is 4. The molecule has 3 aromatic rings. The predicted molar refractivity (Wildman–Crippen MR) is 185 cm³/mol. The van der Waals surface area contributed by atoms with E-state index in [1.165, 1.54) is 11.1 Å². The van der Waals surface area contributed by atoms with Crippen molar-refractivity contribution in [1.82, 2.24) is 30.5 Å². The first kappa shape index (κ1) is 35.0.